The van der Waals surface area contributed by atoms with Gasteiger partial charge in [-0.15, -0.1) is 0 Å². The topological polar surface area (TPSA) is 58.6 Å². The number of carbonyl (C=O) groups excluding carboxylic acids is 2. The van der Waals surface area contributed by atoms with Gasteiger partial charge in [0.1, 0.15) is 6.04 Å². The van der Waals surface area contributed by atoms with Crippen LogP contribution in [-0.2, 0) is 20.9 Å². The summed E-state index contributed by atoms with van der Waals surface area (Å²) >= 11 is 6.14. The van der Waals surface area contributed by atoms with Crippen LogP contribution in [-0.4, -0.2) is 43.0 Å². The molecule has 0 aromatic heterocycles. The number of hydrogen-bond acceptors (Lipinski definition) is 3. The van der Waals surface area contributed by atoms with E-state index in [2.05, 4.69) is 5.32 Å². The summed E-state index contributed by atoms with van der Waals surface area (Å²) in [5, 5.41) is 3.48. The number of benzene rings is 1. The van der Waals surface area contributed by atoms with Crippen molar-refractivity contribution in [3.05, 3.63) is 34.9 Å². The summed E-state index contributed by atoms with van der Waals surface area (Å²) < 4.78 is 4.95. The van der Waals surface area contributed by atoms with Gasteiger partial charge in [-0.25, -0.2) is 0 Å². The molecule has 1 atom stereocenters. The number of amides is 2. The average molecular weight is 325 g/mol. The van der Waals surface area contributed by atoms with E-state index in [-0.39, 0.29) is 11.8 Å². The van der Waals surface area contributed by atoms with Crippen LogP contribution in [0.25, 0.3) is 0 Å². The predicted octanol–water partition coefficient (Wildman–Crippen LogP) is 1.98. The first-order valence-corrected chi connectivity index (χ1v) is 7.81. The van der Waals surface area contributed by atoms with Crippen LogP contribution in [0.1, 0.15) is 24.8 Å². The van der Waals surface area contributed by atoms with Gasteiger partial charge in [-0.05, 0) is 24.5 Å². The minimum absolute atomic E-state index is 0.00281. The zero-order chi connectivity index (χ0) is 15.9. The smallest absolute Gasteiger partial charge is 0.242 e. The van der Waals surface area contributed by atoms with Crippen molar-refractivity contribution in [1.82, 2.24) is 10.2 Å². The number of carbonyl (C=O) groups is 2. The third kappa shape index (κ3) is 4.21. The van der Waals surface area contributed by atoms with Crippen molar-refractivity contribution in [3.8, 4) is 0 Å². The van der Waals surface area contributed by atoms with E-state index < -0.39 is 6.04 Å². The normalized spacial score (nSPS) is 17.8. The third-order valence-electron chi connectivity index (χ3n) is 3.75. The van der Waals surface area contributed by atoms with Gasteiger partial charge in [0.05, 0.1) is 0 Å². The molecule has 1 aliphatic rings. The fourth-order valence-corrected chi connectivity index (χ4v) is 2.76. The van der Waals surface area contributed by atoms with Crippen molar-refractivity contribution in [3.63, 3.8) is 0 Å². The lowest BCUT2D eigenvalue weighted by molar-refractivity contribution is -0.135. The van der Waals surface area contributed by atoms with Crippen LogP contribution in [0.5, 0.6) is 0 Å². The molecule has 0 aliphatic carbocycles. The van der Waals surface area contributed by atoms with Crippen LogP contribution in [0.15, 0.2) is 24.3 Å². The Labute approximate surface area is 135 Å². The Bertz CT molecular complexity index is 536. The number of halogens is 1. The average Bonchev–Trinajstić information content (AvgIpc) is 2.87. The Balaban J connectivity index is 1.97. The molecule has 0 spiro atoms. The van der Waals surface area contributed by atoms with E-state index in [1.807, 2.05) is 18.2 Å². The third-order valence-corrected chi connectivity index (χ3v) is 4.12. The molecule has 1 saturated heterocycles. The van der Waals surface area contributed by atoms with Gasteiger partial charge in [-0.1, -0.05) is 29.8 Å². The molecular formula is C16H21ClN2O3. The molecule has 120 valence electrons. The van der Waals surface area contributed by atoms with E-state index in [1.165, 1.54) is 0 Å². The number of likely N-dealkylation sites (tertiary alicyclic amines) is 1. The molecule has 22 heavy (non-hydrogen) atoms. The molecule has 5 nitrogen and oxygen atoms in total. The van der Waals surface area contributed by atoms with Crippen molar-refractivity contribution in [1.29, 1.82) is 0 Å². The van der Waals surface area contributed by atoms with Crippen LogP contribution < -0.4 is 5.32 Å². The minimum atomic E-state index is -0.411. The van der Waals surface area contributed by atoms with Gasteiger partial charge in [0.25, 0.3) is 0 Å². The van der Waals surface area contributed by atoms with Crippen LogP contribution in [0.4, 0.5) is 0 Å². The summed E-state index contributed by atoms with van der Waals surface area (Å²) in [6, 6.07) is 6.98. The molecule has 0 radical (unpaired) electrons. The molecule has 0 bridgehead atoms. The maximum Gasteiger partial charge on any atom is 0.242 e. The zero-order valence-corrected chi connectivity index (χ0v) is 13.4. The molecule has 1 aromatic carbocycles. The van der Waals surface area contributed by atoms with Crippen LogP contribution in [0, 0.1) is 0 Å². The van der Waals surface area contributed by atoms with E-state index in [4.69, 9.17) is 16.3 Å². The fourth-order valence-electron chi connectivity index (χ4n) is 2.56. The Hall–Kier alpha value is -1.59. The summed E-state index contributed by atoms with van der Waals surface area (Å²) in [6.45, 7) is 1.53. The number of ether oxygens (including phenoxy) is 1. The van der Waals surface area contributed by atoms with Crippen molar-refractivity contribution in [2.45, 2.75) is 31.8 Å². The highest BCUT2D eigenvalue weighted by molar-refractivity contribution is 6.31. The SMILES string of the molecule is COCCCNC(=O)[C@H]1CCC(=O)N1Cc1ccccc1Cl. The van der Waals surface area contributed by atoms with Gasteiger partial charge in [-0.2, -0.15) is 0 Å². The van der Waals surface area contributed by atoms with E-state index in [9.17, 15) is 9.59 Å². The van der Waals surface area contributed by atoms with Gasteiger partial charge >= 0.3 is 0 Å². The number of nitrogens with one attached hydrogen (secondary N) is 1. The van der Waals surface area contributed by atoms with Crippen molar-refractivity contribution < 1.29 is 14.3 Å². The van der Waals surface area contributed by atoms with Gasteiger partial charge in [-0.3, -0.25) is 9.59 Å². The molecule has 2 amide bonds. The summed E-state index contributed by atoms with van der Waals surface area (Å²) in [6.07, 6.45) is 1.72. The fraction of sp³-hybridized carbons (Fsp3) is 0.500. The van der Waals surface area contributed by atoms with Crippen molar-refractivity contribution in [2.75, 3.05) is 20.3 Å². The van der Waals surface area contributed by atoms with E-state index in [0.717, 1.165) is 12.0 Å². The van der Waals surface area contributed by atoms with Gasteiger partial charge in [0.2, 0.25) is 11.8 Å². The Morgan fingerprint density at radius 3 is 2.95 bits per heavy atom. The number of hydrogen-bond donors (Lipinski definition) is 1. The standard InChI is InChI=1S/C16H21ClN2O3/c1-22-10-4-9-18-16(21)14-7-8-15(20)19(14)11-12-5-2-3-6-13(12)17/h2-3,5-6,14H,4,7-11H2,1H3,(H,18,21)/t14-/m1/s1. The highest BCUT2D eigenvalue weighted by Crippen LogP contribution is 2.24. The van der Waals surface area contributed by atoms with E-state index >= 15 is 0 Å². The van der Waals surface area contributed by atoms with Crippen LogP contribution in [0.2, 0.25) is 5.02 Å². The molecule has 1 aromatic rings. The molecule has 2 rings (SSSR count). The zero-order valence-electron chi connectivity index (χ0n) is 12.7. The molecule has 1 N–H and O–H groups in total. The largest absolute Gasteiger partial charge is 0.385 e. The number of nitrogens with zero attached hydrogens (tertiary/aromatic N) is 1. The Morgan fingerprint density at radius 1 is 1.45 bits per heavy atom. The second-order valence-electron chi connectivity index (χ2n) is 5.30. The lowest BCUT2D eigenvalue weighted by Crippen LogP contribution is -2.44. The Morgan fingerprint density at radius 2 is 2.23 bits per heavy atom. The predicted molar refractivity (Wildman–Crippen MR) is 84.5 cm³/mol. The van der Waals surface area contributed by atoms with Gasteiger partial charge < -0.3 is 15.0 Å². The first-order valence-electron chi connectivity index (χ1n) is 7.43. The molecule has 1 fully saturated rings. The molecule has 0 unspecified atom stereocenters. The number of methoxy groups -OCH3 is 1. The lowest BCUT2D eigenvalue weighted by atomic mass is 10.1. The molecular weight excluding hydrogens is 304 g/mol. The molecule has 6 heteroatoms. The van der Waals surface area contributed by atoms with Gasteiger partial charge in [0.15, 0.2) is 0 Å². The van der Waals surface area contributed by atoms with Crippen molar-refractivity contribution >= 4 is 23.4 Å². The van der Waals surface area contributed by atoms with E-state index in [0.29, 0.717) is 37.6 Å². The molecule has 1 aliphatic heterocycles. The van der Waals surface area contributed by atoms with E-state index in [1.54, 1.807) is 18.1 Å². The quantitative estimate of drug-likeness (QED) is 0.780. The first kappa shape index (κ1) is 16.8. The maximum absolute atomic E-state index is 12.3. The summed E-state index contributed by atoms with van der Waals surface area (Å²) in [5.41, 5.74) is 0.858. The summed E-state index contributed by atoms with van der Waals surface area (Å²) in [5.74, 6) is -0.106. The van der Waals surface area contributed by atoms with Gasteiger partial charge in [0, 0.05) is 38.2 Å². The summed E-state index contributed by atoms with van der Waals surface area (Å²) in [7, 11) is 1.63. The monoisotopic (exact) mass is 324 g/mol. The minimum Gasteiger partial charge on any atom is -0.385 e. The highest BCUT2D eigenvalue weighted by atomic mass is 35.5. The molecule has 1 heterocycles. The second kappa shape index (κ2) is 8.15. The lowest BCUT2D eigenvalue weighted by Gasteiger charge is -2.24. The second-order valence-corrected chi connectivity index (χ2v) is 5.71. The number of rotatable bonds is 7. The van der Waals surface area contributed by atoms with Crippen LogP contribution in [0.3, 0.4) is 0 Å². The van der Waals surface area contributed by atoms with Crippen LogP contribution >= 0.6 is 11.6 Å². The maximum atomic E-state index is 12.3. The molecule has 0 saturated carbocycles. The Kier molecular flexibility index (Phi) is 6.21. The van der Waals surface area contributed by atoms with Crippen molar-refractivity contribution in [2.24, 2.45) is 0 Å². The first-order chi connectivity index (χ1) is 10.6. The highest BCUT2D eigenvalue weighted by Gasteiger charge is 2.35. The summed E-state index contributed by atoms with van der Waals surface area (Å²) in [4.78, 5) is 25.9.